The van der Waals surface area contributed by atoms with Crippen molar-refractivity contribution in [2.24, 2.45) is 0 Å². The third-order valence-electron chi connectivity index (χ3n) is 5.79. The summed E-state index contributed by atoms with van der Waals surface area (Å²) in [7, 11) is 1.34. The molecule has 0 spiro atoms. The second-order valence-corrected chi connectivity index (χ2v) is 7.79. The van der Waals surface area contributed by atoms with Gasteiger partial charge in [-0.05, 0) is 79.1 Å². The highest BCUT2D eigenvalue weighted by Crippen LogP contribution is 2.40. The fourth-order valence-electron chi connectivity index (χ4n) is 4.23. The molecule has 160 valence electrons. The Balaban J connectivity index is 1.75. The fraction of sp³-hybridized carbons (Fsp3) is 0.154. The lowest BCUT2D eigenvalue weighted by Crippen LogP contribution is -2.25. The van der Waals surface area contributed by atoms with Crippen LogP contribution in [0, 0.1) is 11.6 Å². The minimum Gasteiger partial charge on any atom is -0.465 e. The first-order valence-electron chi connectivity index (χ1n) is 10.4. The summed E-state index contributed by atoms with van der Waals surface area (Å²) in [6.07, 6.45) is 1.77. The van der Waals surface area contributed by atoms with Crippen molar-refractivity contribution in [1.82, 2.24) is 4.98 Å². The maximum atomic E-state index is 14.1. The van der Waals surface area contributed by atoms with Gasteiger partial charge in [-0.2, -0.15) is 0 Å². The number of aromatic nitrogens is 1. The van der Waals surface area contributed by atoms with Gasteiger partial charge in [0.05, 0.1) is 29.6 Å². The van der Waals surface area contributed by atoms with Crippen molar-refractivity contribution in [2.45, 2.75) is 12.8 Å². The predicted molar refractivity (Wildman–Crippen MR) is 120 cm³/mol. The first kappa shape index (κ1) is 20.1. The number of hydrogen-bond donors (Lipinski definition) is 0. The summed E-state index contributed by atoms with van der Waals surface area (Å²) < 4.78 is 32.6. The van der Waals surface area contributed by atoms with E-state index < -0.39 is 5.97 Å². The number of carbonyl (C=O) groups excluding carboxylic acids is 1. The van der Waals surface area contributed by atoms with Crippen molar-refractivity contribution in [1.29, 1.82) is 0 Å². The van der Waals surface area contributed by atoms with Gasteiger partial charge in [0.1, 0.15) is 11.6 Å². The van der Waals surface area contributed by atoms with Crippen molar-refractivity contribution >= 4 is 28.2 Å². The summed E-state index contributed by atoms with van der Waals surface area (Å²) in [6.45, 7) is 0.689. The Labute approximate surface area is 184 Å². The van der Waals surface area contributed by atoms with Crippen LogP contribution in [0.25, 0.3) is 22.2 Å². The SMILES string of the molecule is COC(=O)c1ccc2nc(-c3ccc(F)cc3)c(N3CCCc4ccc(F)cc43)cc2c1. The zero-order valence-corrected chi connectivity index (χ0v) is 17.4. The number of methoxy groups -OCH3 is 1. The van der Waals surface area contributed by atoms with Crippen molar-refractivity contribution in [3.63, 3.8) is 0 Å². The quantitative estimate of drug-likeness (QED) is 0.371. The first-order valence-corrected chi connectivity index (χ1v) is 10.4. The monoisotopic (exact) mass is 430 g/mol. The zero-order chi connectivity index (χ0) is 22.2. The molecule has 0 aliphatic carbocycles. The maximum absolute atomic E-state index is 14.1. The number of ether oxygens (including phenoxy) is 1. The summed E-state index contributed by atoms with van der Waals surface area (Å²) in [5.74, 6) is -1.06. The van der Waals surface area contributed by atoms with E-state index >= 15 is 0 Å². The molecule has 0 saturated heterocycles. The van der Waals surface area contributed by atoms with Crippen LogP contribution in [0.2, 0.25) is 0 Å². The van der Waals surface area contributed by atoms with Gasteiger partial charge >= 0.3 is 5.97 Å². The Morgan fingerprint density at radius 3 is 2.50 bits per heavy atom. The number of aryl methyl sites for hydroxylation is 1. The Bertz CT molecular complexity index is 1340. The van der Waals surface area contributed by atoms with Crippen LogP contribution in [0.15, 0.2) is 66.7 Å². The van der Waals surface area contributed by atoms with Gasteiger partial charge in [0.15, 0.2) is 0 Å². The molecule has 0 fully saturated rings. The van der Waals surface area contributed by atoms with Crippen LogP contribution in [-0.2, 0) is 11.2 Å². The Morgan fingerprint density at radius 2 is 1.72 bits per heavy atom. The number of anilines is 2. The lowest BCUT2D eigenvalue weighted by atomic mass is 9.98. The maximum Gasteiger partial charge on any atom is 0.337 e. The molecule has 6 heteroatoms. The predicted octanol–water partition coefficient (Wildman–Crippen LogP) is 6.05. The topological polar surface area (TPSA) is 42.4 Å². The number of pyridine rings is 1. The van der Waals surface area contributed by atoms with Crippen LogP contribution < -0.4 is 4.90 Å². The highest BCUT2D eigenvalue weighted by atomic mass is 19.1. The summed E-state index contributed by atoms with van der Waals surface area (Å²) in [5, 5.41) is 0.761. The third kappa shape index (κ3) is 3.58. The lowest BCUT2D eigenvalue weighted by Gasteiger charge is -2.33. The van der Waals surface area contributed by atoms with Crippen molar-refractivity contribution in [3.05, 3.63) is 89.5 Å². The zero-order valence-electron chi connectivity index (χ0n) is 17.4. The molecule has 3 aromatic carbocycles. The van der Waals surface area contributed by atoms with Crippen LogP contribution in [0.1, 0.15) is 22.3 Å². The van der Waals surface area contributed by atoms with Gasteiger partial charge in [-0.1, -0.05) is 6.07 Å². The Kier molecular flexibility index (Phi) is 5.05. The normalized spacial score (nSPS) is 13.2. The molecule has 0 bridgehead atoms. The van der Waals surface area contributed by atoms with Gasteiger partial charge in [-0.3, -0.25) is 0 Å². The molecule has 0 amide bonds. The van der Waals surface area contributed by atoms with E-state index in [2.05, 4.69) is 4.90 Å². The molecule has 32 heavy (non-hydrogen) atoms. The van der Waals surface area contributed by atoms with Crippen LogP contribution in [0.5, 0.6) is 0 Å². The minimum atomic E-state index is -0.429. The lowest BCUT2D eigenvalue weighted by molar-refractivity contribution is 0.0601. The van der Waals surface area contributed by atoms with Crippen LogP contribution in [0.3, 0.4) is 0 Å². The molecule has 0 unspecified atom stereocenters. The largest absolute Gasteiger partial charge is 0.465 e. The standard InChI is InChI=1S/C26H20F2N2O2/c1-32-26(31)18-7-11-22-19(13-18)14-24(25(29-22)17-5-8-20(27)9-6-17)30-12-2-3-16-4-10-21(28)15-23(16)30/h4-11,13-15H,2-3,12H2,1H3. The molecular formula is C26H20F2N2O2. The molecule has 4 nitrogen and oxygen atoms in total. The van der Waals surface area contributed by atoms with Gasteiger partial charge in [0, 0.05) is 23.2 Å². The molecule has 1 aliphatic rings. The first-order chi connectivity index (χ1) is 15.5. The number of hydrogen-bond acceptors (Lipinski definition) is 4. The summed E-state index contributed by atoms with van der Waals surface area (Å²) in [5.41, 5.74) is 5.17. The van der Waals surface area contributed by atoms with E-state index in [1.54, 1.807) is 30.3 Å². The number of benzene rings is 3. The van der Waals surface area contributed by atoms with E-state index in [1.807, 2.05) is 12.1 Å². The highest BCUT2D eigenvalue weighted by Gasteiger charge is 2.23. The van der Waals surface area contributed by atoms with Crippen molar-refractivity contribution < 1.29 is 18.3 Å². The van der Waals surface area contributed by atoms with Gasteiger partial charge in [-0.25, -0.2) is 18.6 Å². The number of fused-ring (bicyclic) bond motifs is 2. The van der Waals surface area contributed by atoms with E-state index in [0.29, 0.717) is 23.3 Å². The molecular weight excluding hydrogens is 410 g/mol. The van der Waals surface area contributed by atoms with Gasteiger partial charge in [-0.15, -0.1) is 0 Å². The second kappa shape index (κ2) is 8.04. The van der Waals surface area contributed by atoms with E-state index in [1.165, 1.54) is 31.4 Å². The number of esters is 1. The van der Waals surface area contributed by atoms with Gasteiger partial charge in [0.2, 0.25) is 0 Å². The van der Waals surface area contributed by atoms with E-state index in [9.17, 15) is 13.6 Å². The highest BCUT2D eigenvalue weighted by molar-refractivity contribution is 5.97. The van der Waals surface area contributed by atoms with Gasteiger partial charge in [0.25, 0.3) is 0 Å². The van der Waals surface area contributed by atoms with Gasteiger partial charge < -0.3 is 9.64 Å². The number of nitrogens with zero attached hydrogens (tertiary/aromatic N) is 2. The third-order valence-corrected chi connectivity index (χ3v) is 5.79. The Morgan fingerprint density at radius 1 is 0.938 bits per heavy atom. The van der Waals surface area contributed by atoms with Crippen LogP contribution >= 0.6 is 0 Å². The van der Waals surface area contributed by atoms with E-state index in [4.69, 9.17) is 9.72 Å². The number of carbonyl (C=O) groups is 1. The molecule has 0 radical (unpaired) electrons. The van der Waals surface area contributed by atoms with Crippen LogP contribution in [-0.4, -0.2) is 24.6 Å². The average molecular weight is 430 g/mol. The van der Waals surface area contributed by atoms with E-state index in [-0.39, 0.29) is 11.6 Å². The molecule has 0 saturated carbocycles. The number of rotatable bonds is 3. The Hall–Kier alpha value is -3.80. The molecule has 0 N–H and O–H groups in total. The molecule has 0 atom stereocenters. The van der Waals surface area contributed by atoms with E-state index in [0.717, 1.165) is 40.7 Å². The fourth-order valence-corrected chi connectivity index (χ4v) is 4.23. The van der Waals surface area contributed by atoms with Crippen molar-refractivity contribution in [2.75, 3.05) is 18.6 Å². The summed E-state index contributed by atoms with van der Waals surface area (Å²) >= 11 is 0. The summed E-state index contributed by atoms with van der Waals surface area (Å²) in [6, 6.07) is 18.1. The smallest absolute Gasteiger partial charge is 0.337 e. The minimum absolute atomic E-state index is 0.305. The molecule has 5 rings (SSSR count). The van der Waals surface area contributed by atoms with Crippen LogP contribution in [0.4, 0.5) is 20.2 Å². The van der Waals surface area contributed by atoms with Crippen molar-refractivity contribution in [3.8, 4) is 11.3 Å². The second-order valence-electron chi connectivity index (χ2n) is 7.79. The average Bonchev–Trinajstić information content (AvgIpc) is 2.82. The molecule has 2 heterocycles. The number of halogens is 2. The summed E-state index contributed by atoms with van der Waals surface area (Å²) in [4.78, 5) is 19.0. The molecule has 1 aliphatic heterocycles. The molecule has 1 aromatic heterocycles. The molecule has 4 aromatic rings.